The summed E-state index contributed by atoms with van der Waals surface area (Å²) in [5, 5.41) is 8.30. The molecule has 1 rings (SSSR count). The second-order valence-electron chi connectivity index (χ2n) is 2.47. The molecular weight excluding hydrogens is 261 g/mol. The molecule has 1 aromatic rings. The summed E-state index contributed by atoms with van der Waals surface area (Å²) in [6.07, 6.45) is -4.62. The molecule has 1 aromatic heterocycles. The van der Waals surface area contributed by atoms with Crippen molar-refractivity contribution >= 4 is 15.9 Å². The first-order valence-corrected chi connectivity index (χ1v) is 4.34. The van der Waals surface area contributed by atoms with Crippen molar-refractivity contribution in [3.05, 3.63) is 28.0 Å². The van der Waals surface area contributed by atoms with Crippen LogP contribution in [0.15, 0.2) is 16.6 Å². The number of rotatable bonds is 1. The molecule has 0 N–H and O–H groups in total. The zero-order valence-electron chi connectivity index (χ0n) is 6.77. The van der Waals surface area contributed by atoms with Gasteiger partial charge in [-0.1, -0.05) is 0 Å². The molecule has 0 spiro atoms. The van der Waals surface area contributed by atoms with Crippen molar-refractivity contribution in [1.29, 1.82) is 5.26 Å². The van der Waals surface area contributed by atoms with Crippen molar-refractivity contribution in [2.24, 2.45) is 0 Å². The number of aromatic nitrogens is 1. The summed E-state index contributed by atoms with van der Waals surface area (Å²) in [5.74, 6) is 0. The minimum Gasteiger partial charge on any atom is -0.246 e. The summed E-state index contributed by atoms with van der Waals surface area (Å²) < 4.78 is 36.8. The van der Waals surface area contributed by atoms with Crippen molar-refractivity contribution in [2.45, 2.75) is 12.6 Å². The van der Waals surface area contributed by atoms with Crippen LogP contribution in [-0.2, 0) is 12.6 Å². The predicted molar refractivity (Wildman–Crippen MR) is 46.3 cm³/mol. The molecule has 0 aliphatic rings. The molecule has 0 radical (unpaired) electrons. The Morgan fingerprint density at radius 1 is 1.43 bits per heavy atom. The lowest BCUT2D eigenvalue weighted by Crippen LogP contribution is -2.10. The Morgan fingerprint density at radius 2 is 2.07 bits per heavy atom. The second kappa shape index (κ2) is 3.96. The first-order chi connectivity index (χ1) is 6.45. The van der Waals surface area contributed by atoms with Crippen LogP contribution in [0.3, 0.4) is 0 Å². The van der Waals surface area contributed by atoms with Crippen LogP contribution < -0.4 is 0 Å². The van der Waals surface area contributed by atoms with Gasteiger partial charge in [0.1, 0.15) is 0 Å². The normalized spacial score (nSPS) is 11.1. The highest BCUT2D eigenvalue weighted by Crippen LogP contribution is 2.33. The van der Waals surface area contributed by atoms with Gasteiger partial charge in [0, 0.05) is 4.47 Å². The third-order valence-electron chi connectivity index (χ3n) is 1.43. The van der Waals surface area contributed by atoms with Gasteiger partial charge in [-0.15, -0.1) is 0 Å². The fourth-order valence-electron chi connectivity index (χ4n) is 0.861. The molecule has 0 aromatic carbocycles. The molecule has 6 heteroatoms. The van der Waals surface area contributed by atoms with E-state index < -0.39 is 11.9 Å². The molecule has 74 valence electrons. The highest BCUT2D eigenvalue weighted by molar-refractivity contribution is 9.10. The minimum atomic E-state index is -4.50. The summed E-state index contributed by atoms with van der Waals surface area (Å²) in [6, 6.07) is 4.35. The summed E-state index contributed by atoms with van der Waals surface area (Å²) in [4.78, 5) is 3.34. The van der Waals surface area contributed by atoms with E-state index in [1.165, 1.54) is 12.1 Å². The lowest BCUT2D eigenvalue weighted by atomic mass is 10.2. The van der Waals surface area contributed by atoms with E-state index in [0.29, 0.717) is 0 Å². The molecule has 2 nitrogen and oxygen atoms in total. The zero-order chi connectivity index (χ0) is 10.8. The molecular formula is C8H4BrF3N2. The van der Waals surface area contributed by atoms with Crippen molar-refractivity contribution in [3.8, 4) is 6.07 Å². The second-order valence-corrected chi connectivity index (χ2v) is 3.32. The van der Waals surface area contributed by atoms with Crippen LogP contribution in [0.5, 0.6) is 0 Å². The molecule has 0 amide bonds. The molecule has 14 heavy (non-hydrogen) atoms. The van der Waals surface area contributed by atoms with E-state index in [9.17, 15) is 13.2 Å². The van der Waals surface area contributed by atoms with Crippen LogP contribution >= 0.6 is 15.9 Å². The lowest BCUT2D eigenvalue weighted by molar-refractivity contribution is -0.141. The van der Waals surface area contributed by atoms with Crippen molar-refractivity contribution in [1.82, 2.24) is 4.98 Å². The summed E-state index contributed by atoms with van der Waals surface area (Å²) in [7, 11) is 0. The van der Waals surface area contributed by atoms with E-state index in [4.69, 9.17) is 5.26 Å². The number of halogens is 4. The molecule has 0 unspecified atom stereocenters. The van der Waals surface area contributed by atoms with E-state index in [1.54, 1.807) is 6.07 Å². The highest BCUT2D eigenvalue weighted by Gasteiger charge is 2.35. The zero-order valence-corrected chi connectivity index (χ0v) is 8.35. The standard InChI is InChI=1S/C8H4BrF3N2/c9-6-2-1-5(3-4-13)14-7(6)8(10,11)12/h1-2H,3H2. The smallest absolute Gasteiger partial charge is 0.246 e. The highest BCUT2D eigenvalue weighted by atomic mass is 79.9. The number of hydrogen-bond donors (Lipinski definition) is 0. The number of nitrogens with zero attached hydrogens (tertiary/aromatic N) is 2. The third kappa shape index (κ3) is 2.45. The molecule has 0 aliphatic carbocycles. The molecule has 0 fully saturated rings. The largest absolute Gasteiger partial charge is 0.434 e. The van der Waals surface area contributed by atoms with Gasteiger partial charge in [-0.2, -0.15) is 18.4 Å². The summed E-state index contributed by atoms with van der Waals surface area (Å²) in [6.45, 7) is 0. The van der Waals surface area contributed by atoms with E-state index in [1.807, 2.05) is 0 Å². The van der Waals surface area contributed by atoms with Gasteiger partial charge in [0.2, 0.25) is 0 Å². The van der Waals surface area contributed by atoms with Gasteiger partial charge in [0.25, 0.3) is 0 Å². The monoisotopic (exact) mass is 264 g/mol. The van der Waals surface area contributed by atoms with Gasteiger partial charge in [-0.25, -0.2) is 4.98 Å². The maximum absolute atomic E-state index is 12.3. The Hall–Kier alpha value is -1.09. The molecule has 0 saturated carbocycles. The van der Waals surface area contributed by atoms with Gasteiger partial charge in [0.05, 0.1) is 18.2 Å². The third-order valence-corrected chi connectivity index (χ3v) is 2.07. The molecule has 0 aliphatic heterocycles. The van der Waals surface area contributed by atoms with Gasteiger partial charge in [-0.3, -0.25) is 0 Å². The Morgan fingerprint density at radius 3 is 2.57 bits per heavy atom. The fraction of sp³-hybridized carbons (Fsp3) is 0.250. The Balaban J connectivity index is 3.17. The maximum Gasteiger partial charge on any atom is 0.434 e. The van der Waals surface area contributed by atoms with Crippen LogP contribution in [0.4, 0.5) is 13.2 Å². The van der Waals surface area contributed by atoms with E-state index in [0.717, 1.165) is 0 Å². The average molecular weight is 265 g/mol. The van der Waals surface area contributed by atoms with Gasteiger partial charge < -0.3 is 0 Å². The first-order valence-electron chi connectivity index (χ1n) is 3.54. The number of hydrogen-bond acceptors (Lipinski definition) is 2. The first kappa shape index (κ1) is 11.0. The minimum absolute atomic E-state index is 0.114. The fourth-order valence-corrected chi connectivity index (χ4v) is 1.31. The van der Waals surface area contributed by atoms with E-state index in [-0.39, 0.29) is 16.6 Å². The SMILES string of the molecule is N#CCc1ccc(Br)c(C(F)(F)F)n1. The van der Waals surface area contributed by atoms with Crippen LogP contribution in [0.1, 0.15) is 11.4 Å². The molecule has 1 heterocycles. The van der Waals surface area contributed by atoms with Crippen LogP contribution in [-0.4, -0.2) is 4.98 Å². The van der Waals surface area contributed by atoms with Gasteiger partial charge in [-0.05, 0) is 28.1 Å². The topological polar surface area (TPSA) is 36.7 Å². The number of alkyl halides is 3. The predicted octanol–water partition coefficient (Wildman–Crippen LogP) is 2.93. The molecule has 0 saturated heterocycles. The van der Waals surface area contributed by atoms with Crippen molar-refractivity contribution in [2.75, 3.05) is 0 Å². The number of pyridine rings is 1. The van der Waals surface area contributed by atoms with Crippen LogP contribution in [0.2, 0.25) is 0 Å². The maximum atomic E-state index is 12.3. The van der Waals surface area contributed by atoms with Crippen molar-refractivity contribution < 1.29 is 13.2 Å². The van der Waals surface area contributed by atoms with Gasteiger partial charge >= 0.3 is 6.18 Å². The van der Waals surface area contributed by atoms with Crippen molar-refractivity contribution in [3.63, 3.8) is 0 Å². The Labute approximate surface area is 86.5 Å². The Kier molecular flexibility index (Phi) is 3.11. The van der Waals surface area contributed by atoms with E-state index >= 15 is 0 Å². The van der Waals surface area contributed by atoms with E-state index in [2.05, 4.69) is 20.9 Å². The average Bonchev–Trinajstić information content (AvgIpc) is 2.07. The lowest BCUT2D eigenvalue weighted by Gasteiger charge is -2.08. The number of nitriles is 1. The summed E-state index contributed by atoms with van der Waals surface area (Å²) >= 11 is 2.75. The van der Waals surface area contributed by atoms with Gasteiger partial charge in [0.15, 0.2) is 5.69 Å². The quantitative estimate of drug-likeness (QED) is 0.782. The Bertz CT molecular complexity index is 381. The molecule has 0 atom stereocenters. The van der Waals surface area contributed by atoms with Crippen LogP contribution in [0.25, 0.3) is 0 Å². The molecule has 0 bridgehead atoms. The van der Waals surface area contributed by atoms with Crippen LogP contribution in [0, 0.1) is 11.3 Å². The summed E-state index contributed by atoms with van der Waals surface area (Å²) in [5.41, 5.74) is -0.881.